The first-order chi connectivity index (χ1) is 13.4. The molecule has 1 saturated carbocycles. The van der Waals surface area contributed by atoms with Crippen LogP contribution in [-0.2, 0) is 9.59 Å². The van der Waals surface area contributed by atoms with Gasteiger partial charge in [0.2, 0.25) is 11.8 Å². The van der Waals surface area contributed by atoms with Gasteiger partial charge in [-0.25, -0.2) is 0 Å². The molecule has 28 heavy (non-hydrogen) atoms. The molecule has 146 valence electrons. The average molecular weight is 380 g/mol. The normalized spacial score (nSPS) is 12.8. The fourth-order valence-corrected chi connectivity index (χ4v) is 2.77. The third kappa shape index (κ3) is 5.33. The van der Waals surface area contributed by atoms with Gasteiger partial charge in [-0.1, -0.05) is 12.1 Å². The van der Waals surface area contributed by atoms with Gasteiger partial charge in [0.15, 0.2) is 0 Å². The molecular weight excluding hydrogens is 356 g/mol. The van der Waals surface area contributed by atoms with Gasteiger partial charge >= 0.3 is 0 Å². The molecule has 2 aromatic carbocycles. The van der Waals surface area contributed by atoms with Crippen LogP contribution in [0.4, 0.5) is 17.1 Å². The zero-order chi connectivity index (χ0) is 20.1. The molecule has 0 atom stereocenters. The highest BCUT2D eigenvalue weighted by atomic mass is 16.2. The first kappa shape index (κ1) is 19.4. The van der Waals surface area contributed by atoms with E-state index < -0.39 is 0 Å². The minimum Gasteiger partial charge on any atom is -0.376 e. The van der Waals surface area contributed by atoms with Crippen molar-refractivity contribution < 1.29 is 14.4 Å². The molecule has 2 aromatic rings. The quantitative estimate of drug-likeness (QED) is 0.593. The third-order valence-corrected chi connectivity index (χ3v) is 4.40. The smallest absolute Gasteiger partial charge is 0.251 e. The Kier molecular flexibility index (Phi) is 5.93. The topological polar surface area (TPSA) is 99.3 Å². The molecule has 4 N–H and O–H groups in total. The predicted molar refractivity (Wildman–Crippen MR) is 110 cm³/mol. The molecule has 1 aliphatic carbocycles. The molecular formula is C21H24N4O3. The van der Waals surface area contributed by atoms with E-state index in [4.69, 9.17) is 0 Å². The van der Waals surface area contributed by atoms with Crippen molar-refractivity contribution in [3.05, 3.63) is 53.6 Å². The zero-order valence-electron chi connectivity index (χ0n) is 16.0. The molecule has 0 radical (unpaired) electrons. The summed E-state index contributed by atoms with van der Waals surface area (Å²) >= 11 is 0. The van der Waals surface area contributed by atoms with Gasteiger partial charge in [-0.05, 0) is 55.7 Å². The van der Waals surface area contributed by atoms with Crippen molar-refractivity contribution in [2.45, 2.75) is 32.7 Å². The molecule has 0 aliphatic heterocycles. The number of rotatable bonds is 7. The van der Waals surface area contributed by atoms with Crippen molar-refractivity contribution in [1.29, 1.82) is 0 Å². The monoisotopic (exact) mass is 380 g/mol. The van der Waals surface area contributed by atoms with Crippen LogP contribution in [0.1, 0.15) is 35.7 Å². The summed E-state index contributed by atoms with van der Waals surface area (Å²) in [6.45, 7) is 3.38. The van der Waals surface area contributed by atoms with E-state index >= 15 is 0 Å². The van der Waals surface area contributed by atoms with Crippen LogP contribution in [0.15, 0.2) is 42.5 Å². The lowest BCUT2D eigenvalue weighted by atomic mass is 10.1. The van der Waals surface area contributed by atoms with Crippen molar-refractivity contribution in [1.82, 2.24) is 5.32 Å². The van der Waals surface area contributed by atoms with Crippen LogP contribution in [0.25, 0.3) is 0 Å². The minimum atomic E-state index is -0.232. The van der Waals surface area contributed by atoms with E-state index in [-0.39, 0.29) is 30.3 Å². The Morgan fingerprint density at radius 2 is 1.71 bits per heavy atom. The fraction of sp³-hybridized carbons (Fsp3) is 0.286. The van der Waals surface area contributed by atoms with Gasteiger partial charge in [0.1, 0.15) is 0 Å². The molecule has 3 amide bonds. The van der Waals surface area contributed by atoms with E-state index in [1.807, 2.05) is 13.0 Å². The van der Waals surface area contributed by atoms with Crippen molar-refractivity contribution in [3.63, 3.8) is 0 Å². The second-order valence-electron chi connectivity index (χ2n) is 6.89. The van der Waals surface area contributed by atoms with E-state index in [9.17, 15) is 14.4 Å². The van der Waals surface area contributed by atoms with Gasteiger partial charge in [0.05, 0.1) is 6.54 Å². The number of amides is 3. The third-order valence-electron chi connectivity index (χ3n) is 4.40. The lowest BCUT2D eigenvalue weighted by Gasteiger charge is -2.14. The summed E-state index contributed by atoms with van der Waals surface area (Å²) < 4.78 is 0. The van der Waals surface area contributed by atoms with Gasteiger partial charge in [-0.15, -0.1) is 0 Å². The van der Waals surface area contributed by atoms with Gasteiger partial charge in [-0.3, -0.25) is 14.4 Å². The summed E-state index contributed by atoms with van der Waals surface area (Å²) in [7, 11) is 0. The van der Waals surface area contributed by atoms with Gasteiger partial charge in [0.25, 0.3) is 5.91 Å². The molecule has 0 aromatic heterocycles. The first-order valence-corrected chi connectivity index (χ1v) is 9.24. The van der Waals surface area contributed by atoms with Crippen LogP contribution in [-0.4, -0.2) is 30.3 Å². The molecule has 1 aliphatic rings. The Labute approximate surface area is 163 Å². The second-order valence-corrected chi connectivity index (χ2v) is 6.89. The highest BCUT2D eigenvalue weighted by Crippen LogP contribution is 2.23. The fourth-order valence-electron chi connectivity index (χ4n) is 2.77. The molecule has 7 nitrogen and oxygen atoms in total. The minimum absolute atomic E-state index is 0.0584. The molecule has 1 fully saturated rings. The highest BCUT2D eigenvalue weighted by Gasteiger charge is 2.23. The molecule has 3 rings (SSSR count). The van der Waals surface area contributed by atoms with Gasteiger partial charge in [-0.2, -0.15) is 0 Å². The first-order valence-electron chi connectivity index (χ1n) is 9.24. The Morgan fingerprint density at radius 3 is 2.43 bits per heavy atom. The maximum absolute atomic E-state index is 12.3. The van der Waals surface area contributed by atoms with Crippen LogP contribution in [0.5, 0.6) is 0 Å². The van der Waals surface area contributed by atoms with E-state index in [1.54, 1.807) is 36.4 Å². The molecule has 0 unspecified atom stereocenters. The summed E-state index contributed by atoms with van der Waals surface area (Å²) in [6.07, 6.45) is 2.05. The average Bonchev–Trinajstić information content (AvgIpc) is 3.46. The summed E-state index contributed by atoms with van der Waals surface area (Å²) in [6, 6.07) is 12.6. The van der Waals surface area contributed by atoms with Gasteiger partial charge in [0, 0.05) is 35.6 Å². The van der Waals surface area contributed by atoms with Crippen molar-refractivity contribution in [3.8, 4) is 0 Å². The number of nitrogens with one attached hydrogen (secondary N) is 4. The van der Waals surface area contributed by atoms with E-state index in [1.165, 1.54) is 6.92 Å². The van der Waals surface area contributed by atoms with Gasteiger partial charge < -0.3 is 21.3 Å². The Balaban J connectivity index is 1.57. The van der Waals surface area contributed by atoms with Crippen LogP contribution < -0.4 is 21.3 Å². The van der Waals surface area contributed by atoms with Crippen molar-refractivity contribution in [2.24, 2.45) is 0 Å². The molecule has 0 spiro atoms. The number of hydrogen-bond donors (Lipinski definition) is 4. The summed E-state index contributed by atoms with van der Waals surface area (Å²) in [4.78, 5) is 35.7. The lowest BCUT2D eigenvalue weighted by Crippen LogP contribution is -2.26. The second kappa shape index (κ2) is 8.56. The van der Waals surface area contributed by atoms with E-state index in [2.05, 4.69) is 21.3 Å². The van der Waals surface area contributed by atoms with E-state index in [0.29, 0.717) is 16.9 Å². The SMILES string of the molecule is CC(=O)Nc1cccc(NCC(=O)Nc2cccc(C(=O)NC3CC3)c2)c1C. The van der Waals surface area contributed by atoms with Crippen LogP contribution in [0.3, 0.4) is 0 Å². The van der Waals surface area contributed by atoms with E-state index in [0.717, 1.165) is 24.1 Å². The standard InChI is InChI=1S/C21H24N4O3/c1-13-18(7-4-8-19(13)23-14(2)26)22-12-20(27)24-17-6-3-5-15(11-17)21(28)25-16-9-10-16/h3-8,11,16,22H,9-10,12H2,1-2H3,(H,23,26)(H,24,27)(H,25,28). The van der Waals surface area contributed by atoms with Crippen molar-refractivity contribution in [2.75, 3.05) is 22.5 Å². The summed E-state index contributed by atoms with van der Waals surface area (Å²) in [5.41, 5.74) is 3.41. The lowest BCUT2D eigenvalue weighted by molar-refractivity contribution is -0.115. The summed E-state index contributed by atoms with van der Waals surface area (Å²) in [5, 5.41) is 11.6. The molecule has 0 heterocycles. The zero-order valence-corrected chi connectivity index (χ0v) is 16.0. The maximum Gasteiger partial charge on any atom is 0.251 e. The molecule has 7 heteroatoms. The maximum atomic E-state index is 12.3. The Bertz CT molecular complexity index is 906. The molecule has 0 saturated heterocycles. The molecule has 0 bridgehead atoms. The number of hydrogen-bond acceptors (Lipinski definition) is 4. The largest absolute Gasteiger partial charge is 0.376 e. The number of benzene rings is 2. The Hall–Kier alpha value is -3.35. The Morgan fingerprint density at radius 1 is 1.00 bits per heavy atom. The highest BCUT2D eigenvalue weighted by molar-refractivity contribution is 5.98. The number of carbonyl (C=O) groups is 3. The van der Waals surface area contributed by atoms with Crippen LogP contribution in [0.2, 0.25) is 0 Å². The number of carbonyl (C=O) groups excluding carboxylic acids is 3. The van der Waals surface area contributed by atoms with Crippen LogP contribution >= 0.6 is 0 Å². The van der Waals surface area contributed by atoms with Crippen molar-refractivity contribution >= 4 is 34.8 Å². The predicted octanol–water partition coefficient (Wildman–Crippen LogP) is 2.90. The van der Waals surface area contributed by atoms with Crippen LogP contribution in [0, 0.1) is 6.92 Å². The number of anilines is 3. The summed E-state index contributed by atoms with van der Waals surface area (Å²) in [5.74, 6) is -0.505.